The van der Waals surface area contributed by atoms with E-state index in [1.165, 1.54) is 0 Å². The first-order chi connectivity index (χ1) is 12.6. The van der Waals surface area contributed by atoms with Gasteiger partial charge in [-0.05, 0) is 37.1 Å². The van der Waals surface area contributed by atoms with Crippen LogP contribution in [0.15, 0.2) is 24.3 Å². The van der Waals surface area contributed by atoms with Crippen molar-refractivity contribution in [3.8, 4) is 0 Å². The molecule has 1 aromatic rings. The smallest absolute Gasteiger partial charge is 0.253 e. The molecule has 3 fully saturated rings. The van der Waals surface area contributed by atoms with Crippen molar-refractivity contribution in [3.63, 3.8) is 0 Å². The lowest BCUT2D eigenvalue weighted by atomic mass is 9.85. The molecular weight excluding hydrogens is 332 g/mol. The Labute approximate surface area is 152 Å². The molecule has 26 heavy (non-hydrogen) atoms. The van der Waals surface area contributed by atoms with E-state index in [0.29, 0.717) is 25.2 Å². The van der Waals surface area contributed by atoms with E-state index in [4.69, 9.17) is 0 Å². The van der Waals surface area contributed by atoms with Gasteiger partial charge in [-0.3, -0.25) is 19.3 Å². The molecule has 0 bridgehead atoms. The Bertz CT molecular complexity index is 714. The number of hydrogen-bond donors (Lipinski definition) is 2. The molecule has 1 aliphatic carbocycles. The number of benzene rings is 1. The highest BCUT2D eigenvalue weighted by Gasteiger charge is 2.36. The molecule has 138 valence electrons. The highest BCUT2D eigenvalue weighted by Crippen LogP contribution is 2.27. The third kappa shape index (κ3) is 3.31. The summed E-state index contributed by atoms with van der Waals surface area (Å²) in [5.74, 6) is 0.131. The minimum atomic E-state index is -0.248. The third-order valence-corrected chi connectivity index (χ3v) is 5.65. The first-order valence-corrected chi connectivity index (χ1v) is 9.34. The molecule has 1 atom stereocenters. The van der Waals surface area contributed by atoms with Gasteiger partial charge in [0.05, 0.1) is 0 Å². The van der Waals surface area contributed by atoms with Crippen LogP contribution in [0.5, 0.6) is 0 Å². The number of rotatable bonds is 3. The molecule has 0 radical (unpaired) electrons. The lowest BCUT2D eigenvalue weighted by molar-refractivity contribution is -0.131. The van der Waals surface area contributed by atoms with Gasteiger partial charge in [-0.1, -0.05) is 6.42 Å². The first-order valence-electron chi connectivity index (χ1n) is 9.34. The van der Waals surface area contributed by atoms with Crippen LogP contribution in [0.2, 0.25) is 0 Å². The lowest BCUT2D eigenvalue weighted by Gasteiger charge is -2.43. The van der Waals surface area contributed by atoms with Crippen molar-refractivity contribution < 1.29 is 14.4 Å². The molecule has 2 N–H and O–H groups in total. The van der Waals surface area contributed by atoms with E-state index in [-0.39, 0.29) is 29.7 Å². The molecule has 0 aromatic heterocycles. The van der Waals surface area contributed by atoms with Gasteiger partial charge in [-0.2, -0.15) is 0 Å². The molecule has 1 saturated carbocycles. The second kappa shape index (κ2) is 7.07. The molecule has 4 rings (SSSR count). The molecule has 2 heterocycles. The van der Waals surface area contributed by atoms with Crippen LogP contribution in [-0.2, 0) is 9.59 Å². The second-order valence-corrected chi connectivity index (χ2v) is 7.29. The summed E-state index contributed by atoms with van der Waals surface area (Å²) in [6.45, 7) is 3.29. The molecule has 0 unspecified atom stereocenters. The monoisotopic (exact) mass is 356 g/mol. The summed E-state index contributed by atoms with van der Waals surface area (Å²) < 4.78 is 0. The predicted molar refractivity (Wildman–Crippen MR) is 96.7 cm³/mol. The summed E-state index contributed by atoms with van der Waals surface area (Å²) in [7, 11) is 0. The number of amides is 3. The van der Waals surface area contributed by atoms with Gasteiger partial charge in [0.15, 0.2) is 0 Å². The Hall–Kier alpha value is -2.41. The van der Waals surface area contributed by atoms with Crippen LogP contribution >= 0.6 is 0 Å². The van der Waals surface area contributed by atoms with Crippen molar-refractivity contribution in [1.29, 1.82) is 0 Å². The molecule has 3 aliphatic rings. The number of carbonyl (C=O) groups excluding carboxylic acids is 3. The average Bonchev–Trinajstić information content (AvgIpc) is 2.60. The van der Waals surface area contributed by atoms with E-state index in [0.717, 1.165) is 38.0 Å². The fraction of sp³-hybridized carbons (Fsp3) is 0.526. The van der Waals surface area contributed by atoms with Crippen LogP contribution in [0.3, 0.4) is 0 Å². The van der Waals surface area contributed by atoms with Gasteiger partial charge in [0.2, 0.25) is 11.8 Å². The molecule has 2 aliphatic heterocycles. The first kappa shape index (κ1) is 17.0. The number of nitrogens with one attached hydrogen (secondary N) is 2. The molecular formula is C19H24N4O3. The van der Waals surface area contributed by atoms with Crippen molar-refractivity contribution in [2.75, 3.05) is 38.0 Å². The largest absolute Gasteiger partial charge is 0.353 e. The molecule has 0 spiro atoms. The lowest BCUT2D eigenvalue weighted by Crippen LogP contribution is -2.64. The van der Waals surface area contributed by atoms with Gasteiger partial charge in [-0.15, -0.1) is 0 Å². The maximum absolute atomic E-state index is 12.8. The topological polar surface area (TPSA) is 81.8 Å². The molecule has 3 amide bonds. The summed E-state index contributed by atoms with van der Waals surface area (Å²) in [5.41, 5.74) is 1.30. The molecule has 7 heteroatoms. The van der Waals surface area contributed by atoms with Crippen LogP contribution in [0, 0.1) is 5.92 Å². The fourth-order valence-corrected chi connectivity index (χ4v) is 3.76. The van der Waals surface area contributed by atoms with E-state index in [9.17, 15) is 14.4 Å². The summed E-state index contributed by atoms with van der Waals surface area (Å²) in [6, 6.07) is 6.78. The Balaban J connectivity index is 1.38. The molecule has 7 nitrogen and oxygen atoms in total. The standard InChI is InChI=1S/C19H24N4O3/c24-17(13-2-1-3-13)21-15-6-4-14(5-7-15)19(26)23-11-10-22-9-8-20-18(25)16(22)12-23/h4-7,13,16H,1-3,8-12H2,(H,20,25)(H,21,24)/t16-/m0/s1. The van der Waals surface area contributed by atoms with Gasteiger partial charge in [-0.25, -0.2) is 0 Å². The van der Waals surface area contributed by atoms with Crippen LogP contribution in [0.25, 0.3) is 0 Å². The van der Waals surface area contributed by atoms with Crippen LogP contribution in [0.4, 0.5) is 5.69 Å². The summed E-state index contributed by atoms with van der Waals surface area (Å²) in [4.78, 5) is 40.7. The van der Waals surface area contributed by atoms with E-state index < -0.39 is 0 Å². The van der Waals surface area contributed by atoms with Crippen molar-refractivity contribution in [2.24, 2.45) is 5.92 Å². The summed E-state index contributed by atoms with van der Waals surface area (Å²) >= 11 is 0. The molecule has 2 saturated heterocycles. The van der Waals surface area contributed by atoms with E-state index >= 15 is 0 Å². The van der Waals surface area contributed by atoms with E-state index in [1.54, 1.807) is 29.2 Å². The SMILES string of the molecule is O=C(Nc1ccc(C(=O)N2CCN3CCNC(=O)[C@@H]3C2)cc1)C1CCC1. The zero-order valence-corrected chi connectivity index (χ0v) is 14.7. The van der Waals surface area contributed by atoms with Crippen molar-refractivity contribution >= 4 is 23.4 Å². The number of anilines is 1. The Morgan fingerprint density at radius 1 is 1.08 bits per heavy atom. The van der Waals surface area contributed by atoms with Gasteiger partial charge in [0, 0.05) is 49.9 Å². The zero-order valence-electron chi connectivity index (χ0n) is 14.7. The van der Waals surface area contributed by atoms with Gasteiger partial charge in [0.1, 0.15) is 6.04 Å². The minimum Gasteiger partial charge on any atom is -0.353 e. The van der Waals surface area contributed by atoms with Gasteiger partial charge >= 0.3 is 0 Å². The normalized spacial score (nSPS) is 23.6. The van der Waals surface area contributed by atoms with Gasteiger partial charge in [0.25, 0.3) is 5.91 Å². The maximum atomic E-state index is 12.8. The zero-order chi connectivity index (χ0) is 18.1. The number of nitrogens with zero attached hydrogens (tertiary/aromatic N) is 2. The Kier molecular flexibility index (Phi) is 4.63. The van der Waals surface area contributed by atoms with Gasteiger partial charge < -0.3 is 15.5 Å². The number of piperazine rings is 2. The maximum Gasteiger partial charge on any atom is 0.253 e. The minimum absolute atomic E-state index is 0.00260. The number of fused-ring (bicyclic) bond motifs is 1. The van der Waals surface area contributed by atoms with E-state index in [2.05, 4.69) is 15.5 Å². The van der Waals surface area contributed by atoms with Crippen LogP contribution in [-0.4, -0.2) is 66.3 Å². The van der Waals surface area contributed by atoms with Crippen LogP contribution in [0.1, 0.15) is 29.6 Å². The Morgan fingerprint density at radius 2 is 1.85 bits per heavy atom. The quantitative estimate of drug-likeness (QED) is 0.835. The van der Waals surface area contributed by atoms with Crippen molar-refractivity contribution in [1.82, 2.24) is 15.1 Å². The summed E-state index contributed by atoms with van der Waals surface area (Å²) in [5, 5.41) is 5.78. The Morgan fingerprint density at radius 3 is 2.54 bits per heavy atom. The predicted octanol–water partition coefficient (Wildman–Crippen LogP) is 0.681. The third-order valence-electron chi connectivity index (χ3n) is 5.65. The molecule has 1 aromatic carbocycles. The van der Waals surface area contributed by atoms with Crippen LogP contribution < -0.4 is 10.6 Å². The van der Waals surface area contributed by atoms with E-state index in [1.807, 2.05) is 0 Å². The second-order valence-electron chi connectivity index (χ2n) is 7.29. The van der Waals surface area contributed by atoms with Crippen molar-refractivity contribution in [3.05, 3.63) is 29.8 Å². The fourth-order valence-electron chi connectivity index (χ4n) is 3.76. The number of carbonyl (C=O) groups is 3. The highest BCUT2D eigenvalue weighted by molar-refractivity contribution is 5.97. The average molecular weight is 356 g/mol. The van der Waals surface area contributed by atoms with Crippen molar-refractivity contribution in [2.45, 2.75) is 25.3 Å². The highest BCUT2D eigenvalue weighted by atomic mass is 16.2. The summed E-state index contributed by atoms with van der Waals surface area (Å²) in [6.07, 6.45) is 3.05. The number of hydrogen-bond acceptors (Lipinski definition) is 4.